The number of rotatable bonds is 4. The Kier molecular flexibility index (Phi) is 3.41. The Labute approximate surface area is 88.7 Å². The summed E-state index contributed by atoms with van der Waals surface area (Å²) in [5.74, 6) is -1.30. The molecule has 3 N–H and O–H groups in total. The highest BCUT2D eigenvalue weighted by Crippen LogP contribution is 2.21. The number of aryl methyl sites for hydroxylation is 1. The van der Waals surface area contributed by atoms with Crippen molar-refractivity contribution >= 4 is 11.7 Å². The highest BCUT2D eigenvalue weighted by Gasteiger charge is 2.26. The van der Waals surface area contributed by atoms with Crippen molar-refractivity contribution < 1.29 is 23.1 Å². The van der Waals surface area contributed by atoms with Crippen molar-refractivity contribution in [3.8, 4) is 0 Å². The van der Waals surface area contributed by atoms with E-state index in [2.05, 4.69) is 5.10 Å². The second-order valence-electron chi connectivity index (χ2n) is 3.22. The third kappa shape index (κ3) is 3.44. The average Bonchev–Trinajstić information content (AvgIpc) is 2.44. The van der Waals surface area contributed by atoms with Crippen molar-refractivity contribution in [3.05, 3.63) is 11.9 Å². The number of anilines is 1. The molecule has 0 aliphatic rings. The number of carboxylic acid groups (broad SMARTS) is 1. The van der Waals surface area contributed by atoms with Gasteiger partial charge in [0.25, 0.3) is 0 Å². The van der Waals surface area contributed by atoms with Crippen molar-refractivity contribution in [1.29, 1.82) is 0 Å². The molecule has 0 saturated heterocycles. The van der Waals surface area contributed by atoms with Gasteiger partial charge in [0.2, 0.25) is 0 Å². The van der Waals surface area contributed by atoms with Crippen LogP contribution >= 0.6 is 0 Å². The Morgan fingerprint density at radius 1 is 1.56 bits per heavy atom. The molecule has 1 heterocycles. The Balaban J connectivity index is 2.56. The third-order valence-electron chi connectivity index (χ3n) is 1.84. The summed E-state index contributed by atoms with van der Waals surface area (Å²) in [4.78, 5) is 10.5. The number of nitrogens with zero attached hydrogens (tertiary/aromatic N) is 2. The Morgan fingerprint density at radius 2 is 2.19 bits per heavy atom. The molecule has 0 fully saturated rings. The van der Waals surface area contributed by atoms with Crippen LogP contribution in [0.1, 0.15) is 23.3 Å². The zero-order chi connectivity index (χ0) is 12.3. The summed E-state index contributed by atoms with van der Waals surface area (Å²) in [6, 6.07) is 0. The van der Waals surface area contributed by atoms with Crippen molar-refractivity contribution in [1.82, 2.24) is 9.78 Å². The molecule has 0 bridgehead atoms. The van der Waals surface area contributed by atoms with Crippen LogP contribution in [0.25, 0.3) is 0 Å². The van der Waals surface area contributed by atoms with Gasteiger partial charge in [-0.15, -0.1) is 0 Å². The molecule has 0 unspecified atom stereocenters. The molecule has 0 radical (unpaired) electrons. The van der Waals surface area contributed by atoms with Gasteiger partial charge in [0.15, 0.2) is 5.69 Å². The molecule has 0 atom stereocenters. The van der Waals surface area contributed by atoms with E-state index in [1.807, 2.05) is 0 Å². The van der Waals surface area contributed by atoms with E-state index in [9.17, 15) is 18.0 Å². The third-order valence-corrected chi connectivity index (χ3v) is 1.84. The monoisotopic (exact) mass is 237 g/mol. The average molecular weight is 237 g/mol. The molecule has 0 aliphatic heterocycles. The van der Waals surface area contributed by atoms with E-state index in [0.29, 0.717) is 0 Å². The molecule has 90 valence electrons. The maximum absolute atomic E-state index is 11.8. The van der Waals surface area contributed by atoms with Gasteiger partial charge in [-0.25, -0.2) is 4.79 Å². The molecule has 5 nitrogen and oxygen atoms in total. The summed E-state index contributed by atoms with van der Waals surface area (Å²) in [5.41, 5.74) is 4.92. The van der Waals surface area contributed by atoms with Crippen LogP contribution in [0.15, 0.2) is 6.20 Å². The van der Waals surface area contributed by atoms with Gasteiger partial charge in [-0.3, -0.25) is 4.68 Å². The Morgan fingerprint density at radius 3 is 2.62 bits per heavy atom. The first kappa shape index (κ1) is 12.3. The number of halogens is 3. The van der Waals surface area contributed by atoms with Crippen LogP contribution in [-0.4, -0.2) is 27.0 Å². The summed E-state index contributed by atoms with van der Waals surface area (Å²) in [6.07, 6.45) is -4.10. The summed E-state index contributed by atoms with van der Waals surface area (Å²) >= 11 is 0. The van der Waals surface area contributed by atoms with E-state index in [-0.39, 0.29) is 24.3 Å². The molecule has 0 aliphatic carbocycles. The summed E-state index contributed by atoms with van der Waals surface area (Å²) < 4.78 is 36.6. The number of alkyl halides is 3. The maximum atomic E-state index is 11.8. The first-order valence-corrected chi connectivity index (χ1v) is 4.42. The van der Waals surface area contributed by atoms with Crippen LogP contribution in [0.3, 0.4) is 0 Å². The molecular formula is C8H10F3N3O2. The summed E-state index contributed by atoms with van der Waals surface area (Å²) in [7, 11) is 0. The highest BCUT2D eigenvalue weighted by atomic mass is 19.4. The molecule has 1 aromatic rings. The lowest BCUT2D eigenvalue weighted by Gasteiger charge is -2.05. The molecule has 1 rings (SSSR count). The van der Waals surface area contributed by atoms with Gasteiger partial charge in [-0.2, -0.15) is 18.3 Å². The van der Waals surface area contributed by atoms with Crippen molar-refractivity contribution in [2.75, 3.05) is 5.73 Å². The molecule has 1 aromatic heterocycles. The molecule has 0 amide bonds. The first-order chi connectivity index (χ1) is 7.29. The Bertz CT molecular complexity index is 386. The fraction of sp³-hybridized carbons (Fsp3) is 0.500. The van der Waals surface area contributed by atoms with Crippen molar-refractivity contribution in [3.63, 3.8) is 0 Å². The first-order valence-electron chi connectivity index (χ1n) is 4.42. The number of hydrogen-bond acceptors (Lipinski definition) is 3. The van der Waals surface area contributed by atoms with Crippen LogP contribution in [0, 0.1) is 0 Å². The lowest BCUT2D eigenvalue weighted by molar-refractivity contribution is -0.136. The maximum Gasteiger partial charge on any atom is 0.389 e. The van der Waals surface area contributed by atoms with Crippen molar-refractivity contribution in [2.45, 2.75) is 25.6 Å². The molecule has 0 aromatic carbocycles. The van der Waals surface area contributed by atoms with Gasteiger partial charge < -0.3 is 10.8 Å². The second kappa shape index (κ2) is 4.42. The van der Waals surface area contributed by atoms with Crippen LogP contribution in [0.5, 0.6) is 0 Å². The number of hydrogen-bond donors (Lipinski definition) is 2. The lowest BCUT2D eigenvalue weighted by Crippen LogP contribution is -2.10. The SMILES string of the molecule is Nc1cn(CCCC(F)(F)F)nc1C(=O)O. The smallest absolute Gasteiger partial charge is 0.389 e. The topological polar surface area (TPSA) is 81.1 Å². The van der Waals surface area contributed by atoms with Crippen LogP contribution < -0.4 is 5.73 Å². The minimum Gasteiger partial charge on any atom is -0.476 e. The van der Waals surface area contributed by atoms with E-state index < -0.39 is 18.6 Å². The lowest BCUT2D eigenvalue weighted by atomic mass is 10.3. The largest absolute Gasteiger partial charge is 0.476 e. The summed E-state index contributed by atoms with van der Waals surface area (Å²) in [5, 5.41) is 12.2. The highest BCUT2D eigenvalue weighted by molar-refractivity contribution is 5.91. The van der Waals surface area contributed by atoms with Crippen LogP contribution in [0.4, 0.5) is 18.9 Å². The predicted octanol–water partition coefficient (Wildman–Crippen LogP) is 1.51. The van der Waals surface area contributed by atoms with Gasteiger partial charge in [0.1, 0.15) is 0 Å². The number of aromatic nitrogens is 2. The van der Waals surface area contributed by atoms with Crippen LogP contribution in [-0.2, 0) is 6.54 Å². The molecule has 8 heteroatoms. The van der Waals surface area contributed by atoms with E-state index >= 15 is 0 Å². The van der Waals surface area contributed by atoms with Gasteiger partial charge in [0.05, 0.1) is 5.69 Å². The van der Waals surface area contributed by atoms with Gasteiger partial charge in [-0.05, 0) is 6.42 Å². The predicted molar refractivity (Wildman–Crippen MR) is 48.9 cm³/mol. The number of nitrogens with two attached hydrogens (primary N) is 1. The van der Waals surface area contributed by atoms with Gasteiger partial charge >= 0.3 is 12.1 Å². The Hall–Kier alpha value is -1.73. The molecular weight excluding hydrogens is 227 g/mol. The standard InChI is InChI=1S/C8H10F3N3O2/c9-8(10,11)2-1-3-14-4-5(12)6(13-14)7(15)16/h4H,1-3,12H2,(H,15,16). The van der Waals surface area contributed by atoms with Crippen LogP contribution in [0.2, 0.25) is 0 Å². The van der Waals surface area contributed by atoms with E-state index in [1.165, 1.54) is 6.20 Å². The zero-order valence-electron chi connectivity index (χ0n) is 8.16. The number of nitrogen functional groups attached to an aromatic ring is 1. The van der Waals surface area contributed by atoms with E-state index in [0.717, 1.165) is 4.68 Å². The number of carboxylic acids is 1. The number of carbonyl (C=O) groups is 1. The quantitative estimate of drug-likeness (QED) is 0.831. The van der Waals surface area contributed by atoms with Gasteiger partial charge in [0, 0.05) is 19.2 Å². The zero-order valence-corrected chi connectivity index (χ0v) is 8.16. The van der Waals surface area contributed by atoms with E-state index in [4.69, 9.17) is 10.8 Å². The normalized spacial score (nSPS) is 11.7. The van der Waals surface area contributed by atoms with Crippen molar-refractivity contribution in [2.24, 2.45) is 0 Å². The minimum atomic E-state index is -4.21. The molecule has 16 heavy (non-hydrogen) atoms. The second-order valence-corrected chi connectivity index (χ2v) is 3.22. The fourth-order valence-corrected chi connectivity index (χ4v) is 1.16. The van der Waals surface area contributed by atoms with Gasteiger partial charge in [-0.1, -0.05) is 0 Å². The molecule has 0 spiro atoms. The van der Waals surface area contributed by atoms with E-state index in [1.54, 1.807) is 0 Å². The number of aromatic carboxylic acids is 1. The molecule has 0 saturated carbocycles. The summed E-state index contributed by atoms with van der Waals surface area (Å²) in [6.45, 7) is -0.0169. The minimum absolute atomic E-state index is 0.0169. The fourth-order valence-electron chi connectivity index (χ4n) is 1.16.